The summed E-state index contributed by atoms with van der Waals surface area (Å²) in [5.74, 6) is 0.811. The van der Waals surface area contributed by atoms with Crippen molar-refractivity contribution in [2.45, 2.75) is 30.6 Å². The smallest absolute Gasteiger partial charge is 0.122 e. The summed E-state index contributed by atoms with van der Waals surface area (Å²) in [5, 5.41) is 4.29. The van der Waals surface area contributed by atoms with Crippen LogP contribution in [0.5, 0.6) is 5.75 Å². The molecular weight excluding hydrogens is 232 g/mol. The van der Waals surface area contributed by atoms with Crippen LogP contribution in [0.4, 0.5) is 11.4 Å². The Bertz CT molecular complexity index is 384. The van der Waals surface area contributed by atoms with Gasteiger partial charge in [0.1, 0.15) is 5.75 Å². The number of nitrogens with two attached hydrogens (primary N) is 1. The maximum Gasteiger partial charge on any atom is 0.122 e. The van der Waals surface area contributed by atoms with E-state index in [1.165, 1.54) is 19.3 Å². The minimum absolute atomic E-state index is 0.552. The number of anilines is 2. The van der Waals surface area contributed by atoms with Crippen molar-refractivity contribution in [1.29, 1.82) is 0 Å². The molecule has 0 aliphatic heterocycles. The summed E-state index contributed by atoms with van der Waals surface area (Å²) >= 11 is 1.95. The quantitative estimate of drug-likeness (QED) is 0.809. The van der Waals surface area contributed by atoms with E-state index in [9.17, 15) is 0 Å². The van der Waals surface area contributed by atoms with Crippen LogP contribution in [0.1, 0.15) is 19.3 Å². The molecule has 0 aromatic heterocycles. The zero-order chi connectivity index (χ0) is 12.3. The summed E-state index contributed by atoms with van der Waals surface area (Å²) in [6.45, 7) is 0. The molecule has 0 saturated heterocycles. The average molecular weight is 252 g/mol. The van der Waals surface area contributed by atoms with Gasteiger partial charge < -0.3 is 15.8 Å². The third-order valence-corrected chi connectivity index (χ3v) is 4.44. The predicted octanol–water partition coefficient (Wildman–Crippen LogP) is 2.97. The van der Waals surface area contributed by atoms with Gasteiger partial charge in [0, 0.05) is 34.8 Å². The summed E-state index contributed by atoms with van der Waals surface area (Å²) in [5.41, 5.74) is 7.66. The van der Waals surface area contributed by atoms with Crippen LogP contribution in [-0.4, -0.2) is 24.7 Å². The Morgan fingerprint density at radius 2 is 2.18 bits per heavy atom. The highest BCUT2D eigenvalue weighted by Gasteiger charge is 2.26. The lowest BCUT2D eigenvalue weighted by Gasteiger charge is -2.21. The van der Waals surface area contributed by atoms with Crippen LogP contribution in [0.2, 0.25) is 0 Å². The molecule has 1 aromatic rings. The van der Waals surface area contributed by atoms with Crippen molar-refractivity contribution in [2.75, 3.05) is 24.4 Å². The third kappa shape index (κ3) is 3.00. The molecular formula is C13H20N2OS. The number of methoxy groups -OCH3 is 1. The average Bonchev–Trinajstić information content (AvgIpc) is 2.75. The monoisotopic (exact) mass is 252 g/mol. The molecule has 17 heavy (non-hydrogen) atoms. The molecule has 1 fully saturated rings. The summed E-state index contributed by atoms with van der Waals surface area (Å²) in [4.78, 5) is 0. The van der Waals surface area contributed by atoms with Gasteiger partial charge in [0.2, 0.25) is 0 Å². The first-order valence-electron chi connectivity index (χ1n) is 5.97. The highest BCUT2D eigenvalue weighted by atomic mass is 32.2. The van der Waals surface area contributed by atoms with Crippen LogP contribution in [-0.2, 0) is 0 Å². The normalized spacial score (nSPS) is 23.6. The zero-order valence-electron chi connectivity index (χ0n) is 10.4. The van der Waals surface area contributed by atoms with Crippen LogP contribution in [0.15, 0.2) is 18.2 Å². The van der Waals surface area contributed by atoms with E-state index in [-0.39, 0.29) is 0 Å². The molecule has 0 amide bonds. The van der Waals surface area contributed by atoms with Crippen molar-refractivity contribution in [3.05, 3.63) is 18.2 Å². The predicted molar refractivity (Wildman–Crippen MR) is 76.0 cm³/mol. The number of ether oxygens (including phenoxy) is 1. The Balaban J connectivity index is 2.09. The summed E-state index contributed by atoms with van der Waals surface area (Å²) in [6.07, 6.45) is 6.04. The lowest BCUT2D eigenvalue weighted by atomic mass is 10.2. The van der Waals surface area contributed by atoms with E-state index in [0.29, 0.717) is 11.3 Å². The first-order valence-corrected chi connectivity index (χ1v) is 7.25. The van der Waals surface area contributed by atoms with Crippen molar-refractivity contribution in [3.8, 4) is 5.75 Å². The van der Waals surface area contributed by atoms with Gasteiger partial charge in [0.25, 0.3) is 0 Å². The fourth-order valence-corrected chi connectivity index (χ4v) is 3.35. The molecule has 94 valence electrons. The molecule has 1 saturated carbocycles. The van der Waals surface area contributed by atoms with Crippen molar-refractivity contribution >= 4 is 23.1 Å². The van der Waals surface area contributed by atoms with Gasteiger partial charge in [-0.3, -0.25) is 0 Å². The largest absolute Gasteiger partial charge is 0.497 e. The lowest BCUT2D eigenvalue weighted by molar-refractivity contribution is 0.415. The molecule has 0 spiro atoms. The Kier molecular flexibility index (Phi) is 4.05. The standard InChI is InChI=1S/C13H20N2OS/c1-16-11-7-9(14)6-10(8-11)15-12-4-3-5-13(12)17-2/h6-8,12-13,15H,3-5,14H2,1-2H3. The van der Waals surface area contributed by atoms with Crippen molar-refractivity contribution < 1.29 is 4.74 Å². The Labute approximate surface area is 107 Å². The second-order valence-electron chi connectivity index (χ2n) is 4.45. The first kappa shape index (κ1) is 12.4. The maximum atomic E-state index is 5.85. The number of hydrogen-bond acceptors (Lipinski definition) is 4. The Morgan fingerprint density at radius 1 is 1.35 bits per heavy atom. The van der Waals surface area contributed by atoms with E-state index >= 15 is 0 Å². The number of rotatable bonds is 4. The fourth-order valence-electron chi connectivity index (χ4n) is 2.41. The summed E-state index contributed by atoms with van der Waals surface area (Å²) in [6, 6.07) is 6.37. The van der Waals surface area contributed by atoms with Gasteiger partial charge in [-0.05, 0) is 25.2 Å². The van der Waals surface area contributed by atoms with Crippen molar-refractivity contribution in [1.82, 2.24) is 0 Å². The number of benzene rings is 1. The molecule has 2 atom stereocenters. The van der Waals surface area contributed by atoms with E-state index < -0.39 is 0 Å². The van der Waals surface area contributed by atoms with E-state index in [2.05, 4.69) is 11.6 Å². The van der Waals surface area contributed by atoms with E-state index in [1.54, 1.807) is 7.11 Å². The minimum atomic E-state index is 0.552. The second kappa shape index (κ2) is 5.54. The second-order valence-corrected chi connectivity index (χ2v) is 5.53. The summed E-state index contributed by atoms with van der Waals surface area (Å²) < 4.78 is 5.23. The molecule has 1 aliphatic rings. The lowest BCUT2D eigenvalue weighted by Crippen LogP contribution is -2.25. The molecule has 0 radical (unpaired) electrons. The van der Waals surface area contributed by atoms with Crippen LogP contribution in [0, 0.1) is 0 Å². The van der Waals surface area contributed by atoms with E-state index in [0.717, 1.165) is 17.1 Å². The highest BCUT2D eigenvalue weighted by molar-refractivity contribution is 7.99. The Morgan fingerprint density at radius 3 is 2.88 bits per heavy atom. The molecule has 2 rings (SSSR count). The van der Waals surface area contributed by atoms with Crippen LogP contribution >= 0.6 is 11.8 Å². The molecule has 2 unspecified atom stereocenters. The van der Waals surface area contributed by atoms with Crippen LogP contribution < -0.4 is 15.8 Å². The fraction of sp³-hybridized carbons (Fsp3) is 0.538. The third-order valence-electron chi connectivity index (χ3n) is 3.27. The number of nitrogen functional groups attached to an aromatic ring is 1. The molecule has 1 aliphatic carbocycles. The molecule has 3 N–H and O–H groups in total. The molecule has 0 heterocycles. The van der Waals surface area contributed by atoms with Crippen molar-refractivity contribution in [2.24, 2.45) is 0 Å². The van der Waals surface area contributed by atoms with Gasteiger partial charge in [0.15, 0.2) is 0 Å². The number of hydrogen-bond donors (Lipinski definition) is 2. The maximum absolute atomic E-state index is 5.85. The van der Waals surface area contributed by atoms with Gasteiger partial charge in [-0.1, -0.05) is 6.42 Å². The van der Waals surface area contributed by atoms with Crippen LogP contribution in [0.25, 0.3) is 0 Å². The molecule has 4 heteroatoms. The van der Waals surface area contributed by atoms with Crippen molar-refractivity contribution in [3.63, 3.8) is 0 Å². The topological polar surface area (TPSA) is 47.3 Å². The van der Waals surface area contributed by atoms with E-state index in [1.807, 2.05) is 30.0 Å². The number of thioether (sulfide) groups is 1. The minimum Gasteiger partial charge on any atom is -0.497 e. The van der Waals surface area contributed by atoms with Gasteiger partial charge >= 0.3 is 0 Å². The van der Waals surface area contributed by atoms with Gasteiger partial charge in [-0.15, -0.1) is 0 Å². The zero-order valence-corrected chi connectivity index (χ0v) is 11.2. The van der Waals surface area contributed by atoms with Gasteiger partial charge in [-0.25, -0.2) is 0 Å². The molecule has 0 bridgehead atoms. The SMILES string of the molecule is COc1cc(N)cc(NC2CCCC2SC)c1. The van der Waals surface area contributed by atoms with Gasteiger partial charge in [-0.2, -0.15) is 11.8 Å². The first-order chi connectivity index (χ1) is 8.22. The molecule has 3 nitrogen and oxygen atoms in total. The summed E-state index contributed by atoms with van der Waals surface area (Å²) in [7, 11) is 1.67. The highest BCUT2D eigenvalue weighted by Crippen LogP contribution is 2.32. The van der Waals surface area contributed by atoms with Crippen LogP contribution in [0.3, 0.4) is 0 Å². The number of nitrogens with one attached hydrogen (secondary N) is 1. The Hall–Kier alpha value is -1.03. The van der Waals surface area contributed by atoms with Gasteiger partial charge in [0.05, 0.1) is 7.11 Å². The van der Waals surface area contributed by atoms with E-state index in [4.69, 9.17) is 10.5 Å². The molecule has 1 aromatic carbocycles.